The highest BCUT2D eigenvalue weighted by Crippen LogP contribution is 2.20. The predicted molar refractivity (Wildman–Crippen MR) is 90.5 cm³/mol. The second-order valence-electron chi connectivity index (χ2n) is 6.73. The number of benzene rings is 1. The van der Waals surface area contributed by atoms with Crippen LogP contribution in [0.25, 0.3) is 0 Å². The molecule has 0 saturated carbocycles. The van der Waals surface area contributed by atoms with Crippen molar-refractivity contribution in [2.45, 2.75) is 33.2 Å². The lowest BCUT2D eigenvalue weighted by Gasteiger charge is -2.21. The summed E-state index contributed by atoms with van der Waals surface area (Å²) in [6, 6.07) is 7.74. The van der Waals surface area contributed by atoms with Gasteiger partial charge in [-0.05, 0) is 37.0 Å². The topological polar surface area (TPSA) is 61.8 Å². The van der Waals surface area contributed by atoms with Crippen molar-refractivity contribution in [1.29, 1.82) is 0 Å². The van der Waals surface area contributed by atoms with E-state index < -0.39 is 0 Å². The molecule has 2 rings (SSSR count). The zero-order valence-electron chi connectivity index (χ0n) is 14.3. The van der Waals surface area contributed by atoms with Crippen LogP contribution in [0.4, 0.5) is 4.79 Å². The minimum Gasteiger partial charge on any atom is -0.493 e. The van der Waals surface area contributed by atoms with Gasteiger partial charge in [-0.15, -0.1) is 0 Å². The van der Waals surface area contributed by atoms with Crippen LogP contribution < -0.4 is 10.1 Å². The summed E-state index contributed by atoms with van der Waals surface area (Å²) in [4.78, 5) is 14.0. The van der Waals surface area contributed by atoms with Gasteiger partial charge in [-0.2, -0.15) is 0 Å². The van der Waals surface area contributed by atoms with E-state index in [2.05, 4.69) is 19.2 Å². The molecule has 1 aliphatic heterocycles. The molecule has 128 valence electrons. The van der Waals surface area contributed by atoms with Crippen molar-refractivity contribution in [3.63, 3.8) is 0 Å². The molecule has 23 heavy (non-hydrogen) atoms. The van der Waals surface area contributed by atoms with Crippen LogP contribution >= 0.6 is 0 Å². The van der Waals surface area contributed by atoms with E-state index in [1.54, 1.807) is 4.90 Å². The summed E-state index contributed by atoms with van der Waals surface area (Å²) < 4.78 is 5.67. The highest BCUT2D eigenvalue weighted by molar-refractivity contribution is 5.75. The Morgan fingerprint density at radius 3 is 2.61 bits per heavy atom. The van der Waals surface area contributed by atoms with E-state index >= 15 is 0 Å². The van der Waals surface area contributed by atoms with Gasteiger partial charge in [-0.3, -0.25) is 0 Å². The number of carbonyl (C=O) groups is 1. The third kappa shape index (κ3) is 5.13. The summed E-state index contributed by atoms with van der Waals surface area (Å²) in [5, 5.41) is 12.2. The number of nitrogens with one attached hydrogen (secondary N) is 1. The summed E-state index contributed by atoms with van der Waals surface area (Å²) in [5.41, 5.74) is 1.05. The Morgan fingerprint density at radius 2 is 2.04 bits per heavy atom. The predicted octanol–water partition coefficient (Wildman–Crippen LogP) is 2.81. The van der Waals surface area contributed by atoms with Gasteiger partial charge in [0.05, 0.1) is 12.6 Å². The number of hydrogen-bond acceptors (Lipinski definition) is 3. The normalized spacial score (nSPS) is 19.0. The Labute approximate surface area is 138 Å². The quantitative estimate of drug-likeness (QED) is 0.847. The largest absolute Gasteiger partial charge is 0.493 e. The van der Waals surface area contributed by atoms with Crippen molar-refractivity contribution >= 4 is 6.03 Å². The minimum absolute atomic E-state index is 0.0603. The van der Waals surface area contributed by atoms with Crippen molar-refractivity contribution in [3.8, 4) is 5.75 Å². The summed E-state index contributed by atoms with van der Waals surface area (Å²) in [5.74, 6) is 1.57. The summed E-state index contributed by atoms with van der Waals surface area (Å²) in [6.07, 6.45) is 0.875. The van der Waals surface area contributed by atoms with Gasteiger partial charge < -0.3 is 20.1 Å². The number of aliphatic hydroxyl groups excluding tert-OH is 1. The van der Waals surface area contributed by atoms with Gasteiger partial charge in [0, 0.05) is 25.6 Å². The van der Waals surface area contributed by atoms with Crippen LogP contribution in [-0.2, 0) is 0 Å². The third-order valence-electron chi connectivity index (χ3n) is 4.13. The van der Waals surface area contributed by atoms with Gasteiger partial charge in [-0.1, -0.05) is 26.0 Å². The molecular weight excluding hydrogens is 292 g/mol. The monoisotopic (exact) mass is 320 g/mol. The molecule has 0 radical (unpaired) electrons. The highest BCUT2D eigenvalue weighted by Gasteiger charge is 2.26. The Hall–Kier alpha value is -1.75. The molecule has 0 spiro atoms. The van der Waals surface area contributed by atoms with Crippen LogP contribution in [0, 0.1) is 11.8 Å². The second-order valence-corrected chi connectivity index (χ2v) is 6.73. The number of likely N-dealkylation sites (tertiary alicyclic amines) is 1. The molecule has 2 amide bonds. The molecule has 2 atom stereocenters. The zero-order chi connectivity index (χ0) is 16.8. The van der Waals surface area contributed by atoms with E-state index in [4.69, 9.17) is 9.84 Å². The lowest BCUT2D eigenvalue weighted by molar-refractivity contribution is 0.195. The molecule has 0 aliphatic carbocycles. The van der Waals surface area contributed by atoms with Crippen molar-refractivity contribution in [1.82, 2.24) is 10.2 Å². The molecule has 5 nitrogen and oxygen atoms in total. The average Bonchev–Trinajstić information content (AvgIpc) is 3.02. The molecule has 1 heterocycles. The highest BCUT2D eigenvalue weighted by atomic mass is 16.5. The second kappa shape index (κ2) is 8.20. The van der Waals surface area contributed by atoms with Crippen molar-refractivity contribution < 1.29 is 14.6 Å². The van der Waals surface area contributed by atoms with Crippen molar-refractivity contribution in [2.24, 2.45) is 11.8 Å². The molecule has 1 aromatic carbocycles. The number of nitrogens with zero attached hydrogens (tertiary/aromatic N) is 1. The molecule has 1 fully saturated rings. The van der Waals surface area contributed by atoms with Crippen LogP contribution in [0.3, 0.4) is 0 Å². The lowest BCUT2D eigenvalue weighted by Crippen LogP contribution is -2.39. The zero-order valence-corrected chi connectivity index (χ0v) is 14.3. The van der Waals surface area contributed by atoms with Crippen molar-refractivity contribution in [3.05, 3.63) is 29.8 Å². The van der Waals surface area contributed by atoms with Crippen LogP contribution in [0.2, 0.25) is 0 Å². The summed E-state index contributed by atoms with van der Waals surface area (Å²) in [7, 11) is 0. The average molecular weight is 320 g/mol. The molecule has 0 bridgehead atoms. The van der Waals surface area contributed by atoms with Crippen LogP contribution in [0.5, 0.6) is 5.75 Å². The van der Waals surface area contributed by atoms with E-state index in [1.807, 2.05) is 31.2 Å². The molecule has 5 heteroatoms. The summed E-state index contributed by atoms with van der Waals surface area (Å²) >= 11 is 0. The fourth-order valence-electron chi connectivity index (χ4n) is 2.64. The van der Waals surface area contributed by atoms with Gasteiger partial charge in [0.15, 0.2) is 0 Å². The maximum absolute atomic E-state index is 12.2. The maximum atomic E-state index is 12.2. The molecule has 1 saturated heterocycles. The van der Waals surface area contributed by atoms with E-state index in [1.165, 1.54) is 0 Å². The molecular formula is C18H28N2O3. The van der Waals surface area contributed by atoms with Crippen LogP contribution in [0.15, 0.2) is 24.3 Å². The van der Waals surface area contributed by atoms with E-state index in [0.29, 0.717) is 25.6 Å². The van der Waals surface area contributed by atoms with Gasteiger partial charge in [0.1, 0.15) is 5.75 Å². The fraction of sp³-hybridized carbons (Fsp3) is 0.611. The third-order valence-corrected chi connectivity index (χ3v) is 4.13. The molecule has 1 aromatic rings. The molecule has 0 aromatic heterocycles. The van der Waals surface area contributed by atoms with E-state index in [0.717, 1.165) is 17.7 Å². The molecule has 0 unspecified atom stereocenters. The number of amides is 2. The fourth-order valence-corrected chi connectivity index (χ4v) is 2.64. The Kier molecular flexibility index (Phi) is 6.28. The number of hydrogen-bond donors (Lipinski definition) is 2. The van der Waals surface area contributed by atoms with Gasteiger partial charge in [0.2, 0.25) is 0 Å². The standard InChI is InChI=1S/C18H28N2O3/c1-13(2)12-23-17-6-4-16(5-7-17)14(3)19-18(22)20-9-8-15(10-20)11-21/h4-7,13-15,21H,8-12H2,1-3H3,(H,19,22)/t14-,15-/m0/s1. The first-order valence-electron chi connectivity index (χ1n) is 8.38. The number of rotatable bonds is 6. The smallest absolute Gasteiger partial charge is 0.317 e. The Morgan fingerprint density at radius 1 is 1.35 bits per heavy atom. The Bertz CT molecular complexity index is 501. The van der Waals surface area contributed by atoms with Gasteiger partial charge in [0.25, 0.3) is 0 Å². The Balaban J connectivity index is 1.85. The molecule has 1 aliphatic rings. The number of urea groups is 1. The first-order valence-corrected chi connectivity index (χ1v) is 8.38. The number of aliphatic hydroxyl groups is 1. The van der Waals surface area contributed by atoms with E-state index in [-0.39, 0.29) is 24.6 Å². The first-order chi connectivity index (χ1) is 11.0. The van der Waals surface area contributed by atoms with Crippen LogP contribution in [0.1, 0.15) is 38.8 Å². The van der Waals surface area contributed by atoms with Gasteiger partial charge >= 0.3 is 6.03 Å². The van der Waals surface area contributed by atoms with Crippen LogP contribution in [-0.4, -0.2) is 42.3 Å². The van der Waals surface area contributed by atoms with Gasteiger partial charge in [-0.25, -0.2) is 4.79 Å². The number of ether oxygens (including phenoxy) is 1. The lowest BCUT2D eigenvalue weighted by atomic mass is 10.1. The summed E-state index contributed by atoms with van der Waals surface area (Å²) in [6.45, 7) is 8.41. The molecule has 2 N–H and O–H groups in total. The van der Waals surface area contributed by atoms with Crippen molar-refractivity contribution in [2.75, 3.05) is 26.3 Å². The number of carbonyl (C=O) groups excluding carboxylic acids is 1. The first kappa shape index (κ1) is 17.6. The minimum atomic E-state index is -0.0615. The maximum Gasteiger partial charge on any atom is 0.317 e. The SMILES string of the molecule is CC(C)COc1ccc([C@H](C)NC(=O)N2CC[C@H](CO)C2)cc1. The van der Waals surface area contributed by atoms with E-state index in [9.17, 15) is 4.79 Å².